The highest BCUT2D eigenvalue weighted by molar-refractivity contribution is 5.88. The molecule has 2 amide bonds. The molecule has 0 aromatic heterocycles. The second-order valence-corrected chi connectivity index (χ2v) is 5.47. The Labute approximate surface area is 133 Å². The summed E-state index contributed by atoms with van der Waals surface area (Å²) >= 11 is 0. The predicted molar refractivity (Wildman–Crippen MR) is 75.6 cm³/mol. The first-order valence-corrected chi connectivity index (χ1v) is 6.45. The summed E-state index contributed by atoms with van der Waals surface area (Å²) in [4.78, 5) is 37.2. The summed E-state index contributed by atoms with van der Waals surface area (Å²) in [5.74, 6) is -2.03. The molecule has 0 unspecified atom stereocenters. The van der Waals surface area contributed by atoms with Crippen LogP contribution >= 0.6 is 0 Å². The minimum absolute atomic E-state index is 0.0148. The Balaban J connectivity index is 2.67. The fraction of sp³-hybridized carbons (Fsp3) is 0.786. The maximum Gasteiger partial charge on any atom is 0.410 e. The van der Waals surface area contributed by atoms with Gasteiger partial charge in [0.25, 0.3) is 0 Å². The van der Waals surface area contributed by atoms with Gasteiger partial charge in [0.2, 0.25) is 5.91 Å². The number of carbonyl (C=O) groups is 3. The fourth-order valence-electron chi connectivity index (χ4n) is 1.77. The largest absolute Gasteiger partial charge is 0.465 e. The minimum atomic E-state index is -3.20. The first-order valence-electron chi connectivity index (χ1n) is 9.52. The van der Waals surface area contributed by atoms with Crippen LogP contribution in [0.5, 0.6) is 0 Å². The van der Waals surface area contributed by atoms with Crippen LogP contribution in [-0.4, -0.2) is 54.2 Å². The van der Waals surface area contributed by atoms with E-state index in [0.29, 0.717) is 0 Å². The topological polar surface area (TPSA) is 84.9 Å². The Morgan fingerprint density at radius 1 is 1.48 bits per heavy atom. The summed E-state index contributed by atoms with van der Waals surface area (Å²) in [7, 11) is 0. The van der Waals surface area contributed by atoms with E-state index in [1.54, 1.807) is 20.8 Å². The van der Waals surface area contributed by atoms with Gasteiger partial charge in [-0.05, 0) is 40.4 Å². The van der Waals surface area contributed by atoms with Gasteiger partial charge in [0.15, 0.2) is 0 Å². The molecule has 0 spiro atoms. The molecule has 1 heterocycles. The Morgan fingerprint density at radius 3 is 2.81 bits per heavy atom. The SMILES string of the molecule is [2H][C@@H]1C[C@@H](C(=O)NCC(=O)OC([2H])([2H])C([2H])([2H])[2H])N(C(=O)OC(C)(C)C)C1. The van der Waals surface area contributed by atoms with E-state index in [-0.39, 0.29) is 13.0 Å². The molecule has 0 aromatic carbocycles. The van der Waals surface area contributed by atoms with E-state index < -0.39 is 56.0 Å². The number of hydrogen-bond donors (Lipinski definition) is 1. The molecule has 0 radical (unpaired) electrons. The molecule has 0 aliphatic carbocycles. The van der Waals surface area contributed by atoms with Gasteiger partial charge in [-0.3, -0.25) is 14.5 Å². The number of likely N-dealkylation sites (tertiary alicyclic amines) is 1. The van der Waals surface area contributed by atoms with Gasteiger partial charge in [-0.1, -0.05) is 0 Å². The molecule has 0 bridgehead atoms. The third-order valence-electron chi connectivity index (χ3n) is 2.59. The van der Waals surface area contributed by atoms with Crippen LogP contribution in [0.15, 0.2) is 0 Å². The Morgan fingerprint density at radius 2 is 2.19 bits per heavy atom. The predicted octanol–water partition coefficient (Wildman–Crippen LogP) is 1.07. The molecule has 1 aliphatic heterocycles. The molecule has 1 N–H and O–H groups in total. The van der Waals surface area contributed by atoms with Crippen molar-refractivity contribution in [3.8, 4) is 0 Å². The summed E-state index contributed by atoms with van der Waals surface area (Å²) < 4.78 is 52.5. The second kappa shape index (κ2) is 7.28. The second-order valence-electron chi connectivity index (χ2n) is 5.47. The molecule has 0 aromatic rings. The number of hydrogen-bond acceptors (Lipinski definition) is 5. The average Bonchev–Trinajstić information content (AvgIpc) is 2.83. The Kier molecular flexibility index (Phi) is 3.48. The molecule has 1 saturated heterocycles. The van der Waals surface area contributed by atoms with Gasteiger partial charge < -0.3 is 14.8 Å². The average molecular weight is 306 g/mol. The van der Waals surface area contributed by atoms with Gasteiger partial charge in [-0.2, -0.15) is 0 Å². The summed E-state index contributed by atoms with van der Waals surface area (Å²) in [6, 6.07) is -1.03. The number of esters is 1. The monoisotopic (exact) mass is 306 g/mol. The van der Waals surface area contributed by atoms with E-state index >= 15 is 0 Å². The lowest BCUT2D eigenvalue weighted by Crippen LogP contribution is -2.48. The van der Waals surface area contributed by atoms with Crippen molar-refractivity contribution >= 4 is 18.0 Å². The maximum absolute atomic E-state index is 12.3. The first kappa shape index (κ1) is 10.0. The van der Waals surface area contributed by atoms with E-state index in [0.717, 1.165) is 4.90 Å². The number of carbonyl (C=O) groups excluding carboxylic acids is 3. The van der Waals surface area contributed by atoms with Crippen molar-refractivity contribution in [2.75, 3.05) is 19.6 Å². The molecule has 120 valence electrons. The van der Waals surface area contributed by atoms with Gasteiger partial charge >= 0.3 is 12.1 Å². The number of nitrogens with one attached hydrogen (secondary N) is 1. The van der Waals surface area contributed by atoms with Crippen molar-refractivity contribution < 1.29 is 32.1 Å². The van der Waals surface area contributed by atoms with Crippen LogP contribution < -0.4 is 5.32 Å². The van der Waals surface area contributed by atoms with Crippen molar-refractivity contribution in [2.45, 2.75) is 52.1 Å². The molecule has 2 atom stereocenters. The number of ether oxygens (including phenoxy) is 2. The Bertz CT molecular complexity index is 590. The molecule has 1 aliphatic rings. The first-order chi connectivity index (χ1) is 12.0. The van der Waals surface area contributed by atoms with E-state index in [1.807, 2.05) is 0 Å². The lowest BCUT2D eigenvalue weighted by molar-refractivity contribution is -0.143. The fourth-order valence-corrected chi connectivity index (χ4v) is 1.77. The molecule has 0 saturated carbocycles. The zero-order valence-electron chi connectivity index (χ0n) is 18.3. The van der Waals surface area contributed by atoms with Crippen LogP contribution in [0.1, 0.15) is 48.7 Å². The zero-order chi connectivity index (χ0) is 21.2. The number of amides is 2. The summed E-state index contributed by atoms with van der Waals surface area (Å²) in [5, 5.41) is 2.17. The summed E-state index contributed by atoms with van der Waals surface area (Å²) in [6.45, 7) is -2.20. The number of nitrogens with zero attached hydrogens (tertiary/aromatic N) is 1. The lowest BCUT2D eigenvalue weighted by atomic mass is 10.2. The summed E-state index contributed by atoms with van der Waals surface area (Å²) in [6.07, 6.45) is -1.43. The highest BCUT2D eigenvalue weighted by Gasteiger charge is 2.36. The van der Waals surface area contributed by atoms with Crippen LogP contribution in [0.25, 0.3) is 0 Å². The number of rotatable bonds is 4. The molecule has 21 heavy (non-hydrogen) atoms. The standard InChI is InChI=1S/C14H24N2O5/c1-5-20-11(17)9-15-12(18)10-7-6-8-16(10)13(19)21-14(2,3)4/h10H,5-9H2,1-4H3,(H,15,18)/t10-/m0/s1/i1D3,5D2,6D/t6-,10+/m1. The van der Waals surface area contributed by atoms with Gasteiger partial charge in [0, 0.05) is 12.0 Å². The smallest absolute Gasteiger partial charge is 0.410 e. The summed E-state index contributed by atoms with van der Waals surface area (Å²) in [5.41, 5.74) is -0.789. The normalized spacial score (nSPS) is 27.3. The van der Waals surface area contributed by atoms with Crippen molar-refractivity contribution in [2.24, 2.45) is 0 Å². The minimum Gasteiger partial charge on any atom is -0.465 e. The quantitative estimate of drug-likeness (QED) is 0.785. The van der Waals surface area contributed by atoms with Crippen LogP contribution in [0.2, 0.25) is 0 Å². The third kappa shape index (κ3) is 5.61. The van der Waals surface area contributed by atoms with Crippen molar-refractivity contribution in [3.05, 3.63) is 0 Å². The van der Waals surface area contributed by atoms with E-state index in [1.165, 1.54) is 0 Å². The molecular formula is C14H24N2O5. The van der Waals surface area contributed by atoms with E-state index in [4.69, 9.17) is 13.0 Å². The lowest BCUT2D eigenvalue weighted by Gasteiger charge is -2.27. The molecule has 7 nitrogen and oxygen atoms in total. The van der Waals surface area contributed by atoms with Gasteiger partial charge in [0.05, 0.1) is 9.30 Å². The highest BCUT2D eigenvalue weighted by atomic mass is 16.6. The van der Waals surface area contributed by atoms with Crippen molar-refractivity contribution in [3.63, 3.8) is 0 Å². The van der Waals surface area contributed by atoms with Crippen LogP contribution in [0, 0.1) is 0 Å². The molecule has 7 heteroatoms. The Hall–Kier alpha value is -1.79. The van der Waals surface area contributed by atoms with Crippen LogP contribution in [-0.2, 0) is 19.1 Å². The van der Waals surface area contributed by atoms with Crippen LogP contribution in [0.4, 0.5) is 4.79 Å². The van der Waals surface area contributed by atoms with E-state index in [9.17, 15) is 14.4 Å². The molecular weight excluding hydrogens is 276 g/mol. The third-order valence-corrected chi connectivity index (χ3v) is 2.59. The van der Waals surface area contributed by atoms with Gasteiger partial charge in [-0.15, -0.1) is 0 Å². The van der Waals surface area contributed by atoms with Crippen LogP contribution in [0.3, 0.4) is 0 Å². The van der Waals surface area contributed by atoms with Gasteiger partial charge in [-0.25, -0.2) is 4.79 Å². The highest BCUT2D eigenvalue weighted by Crippen LogP contribution is 2.20. The van der Waals surface area contributed by atoms with Crippen molar-refractivity contribution in [1.82, 2.24) is 10.2 Å². The van der Waals surface area contributed by atoms with E-state index in [2.05, 4.69) is 10.1 Å². The zero-order valence-corrected chi connectivity index (χ0v) is 12.3. The molecule has 1 fully saturated rings. The van der Waals surface area contributed by atoms with Gasteiger partial charge in [0.1, 0.15) is 18.2 Å². The van der Waals surface area contributed by atoms with Crippen molar-refractivity contribution in [1.29, 1.82) is 0 Å². The maximum atomic E-state index is 12.3. The molecule has 1 rings (SSSR count).